The van der Waals surface area contributed by atoms with E-state index in [0.717, 1.165) is 6.42 Å². The zero-order valence-electron chi connectivity index (χ0n) is 9.43. The fourth-order valence-corrected chi connectivity index (χ4v) is 2.46. The Labute approximate surface area is 90.9 Å². The molecule has 0 spiro atoms. The summed E-state index contributed by atoms with van der Waals surface area (Å²) in [5.74, 6) is -1.13. The fraction of sp³-hybridized carbons (Fsp3) is 0.889. The molecule has 0 amide bonds. The van der Waals surface area contributed by atoms with E-state index in [9.17, 15) is 4.57 Å². The highest BCUT2D eigenvalue weighted by Crippen LogP contribution is 2.53. The third-order valence-corrected chi connectivity index (χ3v) is 3.57. The van der Waals surface area contributed by atoms with Crippen LogP contribution in [0.5, 0.6) is 0 Å². The largest absolute Gasteiger partial charge is 0.373 e. The molecule has 0 aromatic carbocycles. The molecule has 0 aliphatic carbocycles. The molecule has 0 fully saturated rings. The van der Waals surface area contributed by atoms with Gasteiger partial charge in [-0.3, -0.25) is 4.57 Å². The van der Waals surface area contributed by atoms with Crippen molar-refractivity contribution in [3.8, 4) is 6.07 Å². The molecule has 0 saturated carbocycles. The van der Waals surface area contributed by atoms with E-state index in [1.807, 2.05) is 13.0 Å². The van der Waals surface area contributed by atoms with Crippen molar-refractivity contribution in [1.29, 1.82) is 5.26 Å². The van der Waals surface area contributed by atoms with Crippen LogP contribution in [-0.4, -0.2) is 25.7 Å². The maximum atomic E-state index is 12.1. The van der Waals surface area contributed by atoms with Gasteiger partial charge in [0.25, 0.3) is 0 Å². The SMILES string of the molecule is CCCOC(C#N)P(=O)(OCC)OCC. The molecule has 5 nitrogen and oxygen atoms in total. The minimum absolute atomic E-state index is 0.227. The van der Waals surface area contributed by atoms with Crippen LogP contribution in [0.3, 0.4) is 0 Å². The average Bonchev–Trinajstić information content (AvgIpc) is 2.19. The van der Waals surface area contributed by atoms with Gasteiger partial charge in [0.2, 0.25) is 5.85 Å². The van der Waals surface area contributed by atoms with Crippen molar-refractivity contribution in [1.82, 2.24) is 0 Å². The third-order valence-electron chi connectivity index (χ3n) is 1.50. The first-order chi connectivity index (χ1) is 7.14. The van der Waals surface area contributed by atoms with Crippen molar-refractivity contribution in [3.05, 3.63) is 0 Å². The van der Waals surface area contributed by atoms with Crippen LogP contribution in [0.4, 0.5) is 0 Å². The van der Waals surface area contributed by atoms with Gasteiger partial charge < -0.3 is 13.8 Å². The lowest BCUT2D eigenvalue weighted by atomic mass is 10.5. The highest BCUT2D eigenvalue weighted by molar-refractivity contribution is 7.54. The van der Waals surface area contributed by atoms with Gasteiger partial charge in [0.1, 0.15) is 6.07 Å². The standard InChI is InChI=1S/C9H18NO4P/c1-4-7-12-9(8-10)15(11,13-5-2)14-6-3/h9H,4-7H2,1-3H3. The number of hydrogen-bond acceptors (Lipinski definition) is 5. The van der Waals surface area contributed by atoms with E-state index in [2.05, 4.69) is 0 Å². The third kappa shape index (κ3) is 4.76. The summed E-state index contributed by atoms with van der Waals surface area (Å²) in [5.41, 5.74) is 0. The summed E-state index contributed by atoms with van der Waals surface area (Å²) in [7, 11) is -3.44. The summed E-state index contributed by atoms with van der Waals surface area (Å²) in [6, 6.07) is 1.81. The van der Waals surface area contributed by atoms with Crippen LogP contribution in [0, 0.1) is 11.3 Å². The Hall–Kier alpha value is -0.400. The molecule has 0 heterocycles. The van der Waals surface area contributed by atoms with Gasteiger partial charge in [0, 0.05) is 6.61 Å². The summed E-state index contributed by atoms with van der Waals surface area (Å²) in [6.45, 7) is 6.11. The summed E-state index contributed by atoms with van der Waals surface area (Å²) < 4.78 is 27.2. The quantitative estimate of drug-likeness (QED) is 0.604. The highest BCUT2D eigenvalue weighted by Gasteiger charge is 2.36. The number of rotatable bonds is 8. The summed E-state index contributed by atoms with van der Waals surface area (Å²) >= 11 is 0. The Morgan fingerprint density at radius 3 is 2.13 bits per heavy atom. The van der Waals surface area contributed by atoms with E-state index in [1.165, 1.54) is 0 Å². The Kier molecular flexibility index (Phi) is 7.63. The van der Waals surface area contributed by atoms with Gasteiger partial charge in [-0.05, 0) is 20.3 Å². The molecule has 0 aromatic rings. The van der Waals surface area contributed by atoms with Crippen LogP contribution in [0.25, 0.3) is 0 Å². The summed E-state index contributed by atoms with van der Waals surface area (Å²) in [5, 5.41) is 8.83. The van der Waals surface area contributed by atoms with Crippen molar-refractivity contribution in [2.45, 2.75) is 33.0 Å². The Morgan fingerprint density at radius 2 is 1.80 bits per heavy atom. The molecule has 88 valence electrons. The number of ether oxygens (including phenoxy) is 1. The Balaban J connectivity index is 4.55. The first-order valence-electron chi connectivity index (χ1n) is 5.04. The van der Waals surface area contributed by atoms with Gasteiger partial charge in [0.15, 0.2) is 0 Å². The van der Waals surface area contributed by atoms with Crippen molar-refractivity contribution < 1.29 is 18.3 Å². The van der Waals surface area contributed by atoms with E-state index in [1.54, 1.807) is 13.8 Å². The molecule has 0 radical (unpaired) electrons. The van der Waals surface area contributed by atoms with Crippen LogP contribution in [-0.2, 0) is 18.3 Å². The molecule has 0 saturated heterocycles. The fourth-order valence-electron chi connectivity index (χ4n) is 0.961. The molecule has 15 heavy (non-hydrogen) atoms. The Morgan fingerprint density at radius 1 is 1.27 bits per heavy atom. The number of nitrogens with zero attached hydrogens (tertiary/aromatic N) is 1. The molecule has 1 unspecified atom stereocenters. The lowest BCUT2D eigenvalue weighted by Gasteiger charge is -2.21. The van der Waals surface area contributed by atoms with E-state index < -0.39 is 13.4 Å². The normalized spacial score (nSPS) is 13.5. The van der Waals surface area contributed by atoms with Crippen molar-refractivity contribution in [2.75, 3.05) is 19.8 Å². The Bertz CT molecular complexity index is 241. The first-order valence-corrected chi connectivity index (χ1v) is 6.65. The lowest BCUT2D eigenvalue weighted by molar-refractivity contribution is 0.0987. The van der Waals surface area contributed by atoms with Gasteiger partial charge in [-0.1, -0.05) is 6.92 Å². The summed E-state index contributed by atoms with van der Waals surface area (Å²) in [4.78, 5) is 0. The predicted octanol–water partition coefficient (Wildman–Crippen LogP) is 2.53. The molecule has 0 rings (SSSR count). The van der Waals surface area contributed by atoms with Gasteiger partial charge >= 0.3 is 7.60 Å². The second kappa shape index (κ2) is 7.84. The predicted molar refractivity (Wildman–Crippen MR) is 56.5 cm³/mol. The molecule has 0 aromatic heterocycles. The van der Waals surface area contributed by atoms with Gasteiger partial charge in [-0.15, -0.1) is 0 Å². The molecule has 0 aliphatic rings. The molecule has 0 aliphatic heterocycles. The second-order valence-electron chi connectivity index (χ2n) is 2.73. The number of hydrogen-bond donors (Lipinski definition) is 0. The molecular weight excluding hydrogens is 217 g/mol. The molecule has 0 N–H and O–H groups in total. The van der Waals surface area contributed by atoms with E-state index >= 15 is 0 Å². The van der Waals surface area contributed by atoms with Crippen molar-refractivity contribution in [3.63, 3.8) is 0 Å². The smallest absolute Gasteiger partial charge is 0.352 e. The van der Waals surface area contributed by atoms with Crippen LogP contribution in [0.1, 0.15) is 27.2 Å². The van der Waals surface area contributed by atoms with Crippen LogP contribution < -0.4 is 0 Å². The molecule has 0 bridgehead atoms. The van der Waals surface area contributed by atoms with Crippen LogP contribution in [0.15, 0.2) is 0 Å². The average molecular weight is 235 g/mol. The van der Waals surface area contributed by atoms with Crippen molar-refractivity contribution in [2.24, 2.45) is 0 Å². The second-order valence-corrected chi connectivity index (χ2v) is 4.79. The minimum atomic E-state index is -3.44. The minimum Gasteiger partial charge on any atom is -0.352 e. The van der Waals surface area contributed by atoms with Gasteiger partial charge in [0.05, 0.1) is 13.2 Å². The molecule has 6 heteroatoms. The maximum absolute atomic E-state index is 12.1. The van der Waals surface area contributed by atoms with E-state index in [-0.39, 0.29) is 13.2 Å². The summed E-state index contributed by atoms with van der Waals surface area (Å²) in [6.07, 6.45) is 0.746. The molecular formula is C9H18NO4P. The highest BCUT2D eigenvalue weighted by atomic mass is 31.2. The van der Waals surface area contributed by atoms with Gasteiger partial charge in [-0.25, -0.2) is 0 Å². The topological polar surface area (TPSA) is 68.5 Å². The zero-order valence-corrected chi connectivity index (χ0v) is 10.3. The van der Waals surface area contributed by atoms with Crippen LogP contribution in [0.2, 0.25) is 0 Å². The first kappa shape index (κ1) is 14.6. The zero-order chi connectivity index (χ0) is 11.7. The molecule has 1 atom stereocenters. The van der Waals surface area contributed by atoms with E-state index in [0.29, 0.717) is 6.61 Å². The lowest BCUT2D eigenvalue weighted by Crippen LogP contribution is -2.15. The monoisotopic (exact) mass is 235 g/mol. The maximum Gasteiger partial charge on any atom is 0.373 e. The van der Waals surface area contributed by atoms with Gasteiger partial charge in [-0.2, -0.15) is 5.26 Å². The number of nitriles is 1. The van der Waals surface area contributed by atoms with Crippen molar-refractivity contribution >= 4 is 7.60 Å². The van der Waals surface area contributed by atoms with Crippen LogP contribution >= 0.6 is 7.60 Å². The van der Waals surface area contributed by atoms with E-state index in [4.69, 9.17) is 19.0 Å².